The zero-order chi connectivity index (χ0) is 21.8. The highest BCUT2D eigenvalue weighted by Gasteiger charge is 2.22. The van der Waals surface area contributed by atoms with Gasteiger partial charge in [0.1, 0.15) is 5.82 Å². The molecule has 0 unspecified atom stereocenters. The molecular formula is C22H21FN6OS2. The van der Waals surface area contributed by atoms with Gasteiger partial charge < -0.3 is 15.0 Å². The number of thioether (sulfide) groups is 1. The number of morpholine rings is 1. The van der Waals surface area contributed by atoms with E-state index in [1.54, 1.807) is 17.4 Å². The van der Waals surface area contributed by atoms with Crippen molar-refractivity contribution in [3.63, 3.8) is 0 Å². The van der Waals surface area contributed by atoms with Gasteiger partial charge in [0, 0.05) is 29.9 Å². The summed E-state index contributed by atoms with van der Waals surface area (Å²) in [6.07, 6.45) is 0. The number of ether oxygens (including phenoxy) is 1. The van der Waals surface area contributed by atoms with Gasteiger partial charge in [0.15, 0.2) is 10.3 Å². The molecule has 4 aromatic rings. The standard InChI is InChI=1S/C22H21FN6OS2/c23-16-5-4-8-19(13-16)29-21(28-9-11-30-12-10-28)26-27-22(29)32-15-18-14-31-20(25-18)24-17-6-2-1-3-7-17/h1-8,13-14H,9-12,15H2,(H,24,25). The van der Waals surface area contributed by atoms with Crippen LogP contribution in [0.2, 0.25) is 0 Å². The molecule has 0 aliphatic carbocycles. The summed E-state index contributed by atoms with van der Waals surface area (Å²) < 4.78 is 21.4. The number of benzene rings is 2. The highest BCUT2D eigenvalue weighted by Crippen LogP contribution is 2.30. The second-order valence-electron chi connectivity index (χ2n) is 7.12. The Morgan fingerprint density at radius 3 is 2.72 bits per heavy atom. The summed E-state index contributed by atoms with van der Waals surface area (Å²) in [5.41, 5.74) is 2.64. The molecule has 32 heavy (non-hydrogen) atoms. The summed E-state index contributed by atoms with van der Waals surface area (Å²) in [5.74, 6) is 1.03. The lowest BCUT2D eigenvalue weighted by molar-refractivity contribution is 0.122. The molecule has 3 heterocycles. The fourth-order valence-corrected chi connectivity index (χ4v) is 5.05. The summed E-state index contributed by atoms with van der Waals surface area (Å²) in [7, 11) is 0. The van der Waals surface area contributed by atoms with Crippen LogP contribution in [0.4, 0.5) is 21.2 Å². The molecule has 7 nitrogen and oxygen atoms in total. The van der Waals surface area contributed by atoms with Crippen molar-refractivity contribution in [1.82, 2.24) is 19.7 Å². The van der Waals surface area contributed by atoms with E-state index >= 15 is 0 Å². The lowest BCUT2D eigenvalue weighted by Gasteiger charge is -2.27. The van der Waals surface area contributed by atoms with Crippen LogP contribution in [0.25, 0.3) is 5.69 Å². The van der Waals surface area contributed by atoms with Crippen LogP contribution in [0, 0.1) is 5.82 Å². The zero-order valence-electron chi connectivity index (χ0n) is 17.1. The van der Waals surface area contributed by atoms with E-state index in [9.17, 15) is 4.39 Å². The molecule has 164 valence electrons. The van der Waals surface area contributed by atoms with Crippen molar-refractivity contribution in [1.29, 1.82) is 0 Å². The molecule has 1 saturated heterocycles. The summed E-state index contributed by atoms with van der Waals surface area (Å²) >= 11 is 3.09. The first kappa shape index (κ1) is 20.9. The number of nitrogens with one attached hydrogen (secondary N) is 1. The van der Waals surface area contributed by atoms with Crippen molar-refractivity contribution in [2.75, 3.05) is 36.5 Å². The maximum atomic E-state index is 14.0. The Labute approximate surface area is 193 Å². The molecule has 1 aliphatic heterocycles. The van der Waals surface area contributed by atoms with Crippen molar-refractivity contribution < 1.29 is 9.13 Å². The van der Waals surface area contributed by atoms with E-state index in [1.165, 1.54) is 23.9 Å². The number of para-hydroxylation sites is 1. The Hall–Kier alpha value is -2.95. The molecular weight excluding hydrogens is 447 g/mol. The van der Waals surface area contributed by atoms with Gasteiger partial charge in [-0.1, -0.05) is 36.0 Å². The number of hydrogen-bond acceptors (Lipinski definition) is 8. The lowest BCUT2D eigenvalue weighted by atomic mass is 10.3. The van der Waals surface area contributed by atoms with Gasteiger partial charge in [-0.3, -0.25) is 4.57 Å². The monoisotopic (exact) mass is 468 g/mol. The van der Waals surface area contributed by atoms with E-state index in [4.69, 9.17) is 4.74 Å². The van der Waals surface area contributed by atoms with Crippen molar-refractivity contribution in [2.45, 2.75) is 10.9 Å². The minimum absolute atomic E-state index is 0.295. The number of thiazole rings is 1. The quantitative estimate of drug-likeness (QED) is 0.393. The maximum Gasteiger partial charge on any atom is 0.232 e. The Kier molecular flexibility index (Phi) is 6.33. The molecule has 0 saturated carbocycles. The minimum Gasteiger partial charge on any atom is -0.378 e. The van der Waals surface area contributed by atoms with E-state index in [0.29, 0.717) is 35.8 Å². The van der Waals surface area contributed by atoms with Crippen molar-refractivity contribution >= 4 is 39.9 Å². The predicted octanol–water partition coefficient (Wildman–Crippen LogP) is 4.74. The van der Waals surface area contributed by atoms with Crippen LogP contribution in [-0.2, 0) is 10.5 Å². The molecule has 0 atom stereocenters. The molecule has 1 fully saturated rings. The second-order valence-corrected chi connectivity index (χ2v) is 8.92. The van der Waals surface area contributed by atoms with Gasteiger partial charge in [0.05, 0.1) is 24.6 Å². The van der Waals surface area contributed by atoms with Gasteiger partial charge in [0.25, 0.3) is 0 Å². The van der Waals surface area contributed by atoms with Gasteiger partial charge in [-0.2, -0.15) is 0 Å². The van der Waals surface area contributed by atoms with E-state index in [0.717, 1.165) is 29.6 Å². The van der Waals surface area contributed by atoms with E-state index < -0.39 is 0 Å². The number of halogens is 1. The van der Waals surface area contributed by atoms with Crippen LogP contribution >= 0.6 is 23.1 Å². The second kappa shape index (κ2) is 9.68. The van der Waals surface area contributed by atoms with Gasteiger partial charge in [-0.05, 0) is 30.3 Å². The van der Waals surface area contributed by atoms with E-state index in [2.05, 4.69) is 25.4 Å². The normalized spacial score (nSPS) is 14.0. The molecule has 1 aliphatic rings. The molecule has 0 bridgehead atoms. The minimum atomic E-state index is -0.295. The zero-order valence-corrected chi connectivity index (χ0v) is 18.8. The molecule has 0 spiro atoms. The largest absolute Gasteiger partial charge is 0.378 e. The average molecular weight is 469 g/mol. The number of aromatic nitrogens is 4. The first-order valence-corrected chi connectivity index (χ1v) is 12.1. The summed E-state index contributed by atoms with van der Waals surface area (Å²) in [6, 6.07) is 16.5. The Balaban J connectivity index is 1.36. The molecule has 0 radical (unpaired) electrons. The highest BCUT2D eigenvalue weighted by atomic mass is 32.2. The van der Waals surface area contributed by atoms with Crippen LogP contribution in [0.15, 0.2) is 65.1 Å². The van der Waals surface area contributed by atoms with Gasteiger partial charge in [-0.15, -0.1) is 21.5 Å². The summed E-state index contributed by atoms with van der Waals surface area (Å²) in [5, 5.41) is 15.7. The van der Waals surface area contributed by atoms with Crippen molar-refractivity contribution in [2.24, 2.45) is 0 Å². The Morgan fingerprint density at radius 1 is 1.06 bits per heavy atom. The highest BCUT2D eigenvalue weighted by molar-refractivity contribution is 7.98. The molecule has 2 aromatic carbocycles. The van der Waals surface area contributed by atoms with E-state index in [-0.39, 0.29) is 5.82 Å². The van der Waals surface area contributed by atoms with Crippen LogP contribution in [0.5, 0.6) is 0 Å². The molecule has 0 amide bonds. The number of rotatable bonds is 7. The third-order valence-corrected chi connectivity index (χ3v) is 6.67. The lowest BCUT2D eigenvalue weighted by Crippen LogP contribution is -2.37. The molecule has 2 aromatic heterocycles. The SMILES string of the molecule is Fc1cccc(-n2c(SCc3csc(Nc4ccccc4)n3)nnc2N2CCOCC2)c1. The van der Waals surface area contributed by atoms with Crippen molar-refractivity contribution in [3.8, 4) is 5.69 Å². The fourth-order valence-electron chi connectivity index (χ4n) is 3.38. The molecule has 10 heteroatoms. The number of nitrogens with zero attached hydrogens (tertiary/aromatic N) is 5. The molecule has 5 rings (SSSR count). The van der Waals surface area contributed by atoms with Crippen LogP contribution < -0.4 is 10.2 Å². The number of hydrogen-bond donors (Lipinski definition) is 1. The summed E-state index contributed by atoms with van der Waals surface area (Å²) in [4.78, 5) is 6.80. The third-order valence-electron chi connectivity index (χ3n) is 4.90. The molecule has 1 N–H and O–H groups in total. The van der Waals surface area contributed by atoms with Crippen LogP contribution in [0.1, 0.15) is 5.69 Å². The van der Waals surface area contributed by atoms with Crippen LogP contribution in [0.3, 0.4) is 0 Å². The van der Waals surface area contributed by atoms with E-state index in [1.807, 2.05) is 46.3 Å². The number of anilines is 3. The van der Waals surface area contributed by atoms with Gasteiger partial charge in [-0.25, -0.2) is 9.37 Å². The topological polar surface area (TPSA) is 68.1 Å². The van der Waals surface area contributed by atoms with Gasteiger partial charge in [0.2, 0.25) is 5.95 Å². The average Bonchev–Trinajstić information content (AvgIpc) is 3.46. The Bertz CT molecular complexity index is 1180. The Morgan fingerprint density at radius 2 is 1.91 bits per heavy atom. The summed E-state index contributed by atoms with van der Waals surface area (Å²) in [6.45, 7) is 2.71. The van der Waals surface area contributed by atoms with Crippen molar-refractivity contribution in [3.05, 3.63) is 71.5 Å². The first-order valence-electron chi connectivity index (χ1n) is 10.2. The van der Waals surface area contributed by atoms with Gasteiger partial charge >= 0.3 is 0 Å². The predicted molar refractivity (Wildman–Crippen MR) is 126 cm³/mol. The fraction of sp³-hybridized carbons (Fsp3) is 0.227. The first-order chi connectivity index (χ1) is 15.8. The third kappa shape index (κ3) is 4.77. The maximum absolute atomic E-state index is 14.0. The van der Waals surface area contributed by atoms with Crippen LogP contribution in [-0.4, -0.2) is 46.1 Å². The smallest absolute Gasteiger partial charge is 0.232 e.